The Bertz CT molecular complexity index is 1030. The Kier molecular flexibility index (Phi) is 8.29. The zero-order valence-corrected chi connectivity index (χ0v) is 21.0. The van der Waals surface area contributed by atoms with E-state index >= 15 is 0 Å². The fourth-order valence-electron chi connectivity index (χ4n) is 4.46. The largest absolute Gasteiger partial charge is 0.481 e. The highest BCUT2D eigenvalue weighted by molar-refractivity contribution is 7.03. The Hall–Kier alpha value is -3.38. The van der Waals surface area contributed by atoms with Crippen LogP contribution in [0.1, 0.15) is 32.8 Å². The van der Waals surface area contributed by atoms with Gasteiger partial charge in [-0.15, -0.1) is 0 Å². The lowest BCUT2D eigenvalue weighted by Gasteiger charge is -2.40. The van der Waals surface area contributed by atoms with Crippen molar-refractivity contribution in [3.05, 3.63) is 96.6 Å². The topological polar surface area (TPSA) is 75.6 Å². The second-order valence-corrected chi connectivity index (χ2v) is 13.8. The lowest BCUT2D eigenvalue weighted by molar-refractivity contribution is -0.136. The quantitative estimate of drug-likeness (QED) is 0.450. The van der Waals surface area contributed by atoms with Gasteiger partial charge in [0.25, 0.3) is 0 Å². The average molecular weight is 476 g/mol. The Labute approximate surface area is 202 Å². The van der Waals surface area contributed by atoms with Crippen LogP contribution in [0.15, 0.2) is 91.0 Å². The zero-order valence-electron chi connectivity index (χ0n) is 20.0. The molecule has 3 aromatic rings. The van der Waals surface area contributed by atoms with E-state index in [1.807, 2.05) is 87.5 Å². The van der Waals surface area contributed by atoms with E-state index in [9.17, 15) is 14.7 Å². The Morgan fingerprint density at radius 2 is 1.32 bits per heavy atom. The normalized spacial score (nSPS) is 12.6. The van der Waals surface area contributed by atoms with Crippen molar-refractivity contribution >= 4 is 30.5 Å². The number of alkyl carbamates (subject to hydrolysis) is 1. The van der Waals surface area contributed by atoms with Crippen LogP contribution in [-0.4, -0.2) is 36.5 Å². The van der Waals surface area contributed by atoms with Crippen LogP contribution in [0.25, 0.3) is 0 Å². The number of ether oxygens (including phenoxy) is 1. The second kappa shape index (κ2) is 11.2. The van der Waals surface area contributed by atoms with Crippen LogP contribution in [0, 0.1) is 0 Å². The van der Waals surface area contributed by atoms with Crippen LogP contribution in [0.5, 0.6) is 0 Å². The molecule has 0 saturated carbocycles. The maximum absolute atomic E-state index is 13.1. The van der Waals surface area contributed by atoms with Crippen molar-refractivity contribution in [2.75, 3.05) is 0 Å². The molecule has 6 heteroatoms. The number of amides is 1. The van der Waals surface area contributed by atoms with Crippen LogP contribution in [0.2, 0.25) is 6.04 Å². The van der Waals surface area contributed by atoms with Crippen molar-refractivity contribution in [2.24, 2.45) is 0 Å². The Morgan fingerprint density at radius 3 is 1.76 bits per heavy atom. The van der Waals surface area contributed by atoms with E-state index in [1.165, 1.54) is 0 Å². The molecule has 3 rings (SSSR count). The minimum absolute atomic E-state index is 0.0112. The van der Waals surface area contributed by atoms with Gasteiger partial charge in [0.2, 0.25) is 0 Å². The van der Waals surface area contributed by atoms with Gasteiger partial charge in [-0.3, -0.25) is 4.79 Å². The van der Waals surface area contributed by atoms with Gasteiger partial charge in [-0.1, -0.05) is 101 Å². The number of hydrogen-bond acceptors (Lipinski definition) is 3. The fourth-order valence-corrected chi connectivity index (χ4v) is 9.65. The molecule has 1 amide bonds. The molecule has 0 aliphatic rings. The van der Waals surface area contributed by atoms with E-state index in [2.05, 4.69) is 29.6 Å². The third-order valence-electron chi connectivity index (χ3n) is 5.88. The first-order valence-electron chi connectivity index (χ1n) is 11.6. The van der Waals surface area contributed by atoms with E-state index in [0.717, 1.165) is 15.9 Å². The number of nitrogens with one attached hydrogen (secondary N) is 1. The highest BCUT2D eigenvalue weighted by atomic mass is 28.3. The minimum Gasteiger partial charge on any atom is -0.481 e. The molecule has 0 heterocycles. The summed E-state index contributed by atoms with van der Waals surface area (Å²) in [7, 11) is -2.85. The third-order valence-corrected chi connectivity index (χ3v) is 11.2. The van der Waals surface area contributed by atoms with Crippen molar-refractivity contribution < 1.29 is 19.4 Å². The third kappa shape index (κ3) is 6.57. The molecule has 0 aliphatic heterocycles. The van der Waals surface area contributed by atoms with Gasteiger partial charge in [-0.05, 0) is 38.8 Å². The lowest BCUT2D eigenvalue weighted by atomic mass is 10.1. The summed E-state index contributed by atoms with van der Waals surface area (Å²) in [4.78, 5) is 24.9. The van der Waals surface area contributed by atoms with Crippen LogP contribution in [0.3, 0.4) is 0 Å². The van der Waals surface area contributed by atoms with Gasteiger partial charge in [-0.2, -0.15) is 0 Å². The number of carbonyl (C=O) groups is 2. The fraction of sp³-hybridized carbons (Fsp3) is 0.286. The number of hydrogen-bond donors (Lipinski definition) is 2. The van der Waals surface area contributed by atoms with E-state index in [0.29, 0.717) is 12.5 Å². The minimum atomic E-state index is -2.85. The zero-order chi connectivity index (χ0) is 24.6. The molecule has 0 aromatic heterocycles. The first-order valence-corrected chi connectivity index (χ1v) is 13.9. The number of benzene rings is 3. The maximum Gasteiger partial charge on any atom is 0.407 e. The van der Waals surface area contributed by atoms with Crippen LogP contribution >= 0.6 is 0 Å². The number of carbonyl (C=O) groups excluding carboxylic acids is 1. The molecule has 5 nitrogen and oxygen atoms in total. The second-order valence-electron chi connectivity index (χ2n) is 9.49. The molecule has 0 radical (unpaired) electrons. The van der Waals surface area contributed by atoms with E-state index in [4.69, 9.17) is 4.74 Å². The molecule has 34 heavy (non-hydrogen) atoms. The summed E-state index contributed by atoms with van der Waals surface area (Å²) in [6.45, 7) is 5.51. The molecule has 0 fully saturated rings. The van der Waals surface area contributed by atoms with Crippen molar-refractivity contribution in [1.82, 2.24) is 5.32 Å². The molecular formula is C28H33NO4Si. The van der Waals surface area contributed by atoms with E-state index in [1.54, 1.807) is 0 Å². The van der Waals surface area contributed by atoms with Crippen molar-refractivity contribution in [3.8, 4) is 0 Å². The van der Waals surface area contributed by atoms with Gasteiger partial charge in [-0.25, -0.2) is 4.79 Å². The molecule has 0 unspecified atom stereocenters. The summed E-state index contributed by atoms with van der Waals surface area (Å²) in [6.07, 6.45) is 0.0833. The molecule has 1 atom stereocenters. The van der Waals surface area contributed by atoms with Gasteiger partial charge in [0.1, 0.15) is 13.7 Å². The summed E-state index contributed by atoms with van der Waals surface area (Å²) < 4.78 is 5.65. The van der Waals surface area contributed by atoms with Crippen LogP contribution in [0.4, 0.5) is 4.79 Å². The van der Waals surface area contributed by atoms with Gasteiger partial charge in [0.05, 0.1) is 0 Å². The van der Waals surface area contributed by atoms with Crippen LogP contribution < -0.4 is 15.7 Å². The summed E-state index contributed by atoms with van der Waals surface area (Å²) in [5.41, 5.74) is 0.100. The van der Waals surface area contributed by atoms with Crippen molar-refractivity contribution in [3.63, 3.8) is 0 Å². The number of carboxylic acids is 1. The van der Waals surface area contributed by atoms with E-state index < -0.39 is 25.7 Å². The lowest BCUT2D eigenvalue weighted by Crippen LogP contribution is -2.71. The molecule has 0 aliphatic carbocycles. The molecular weight excluding hydrogens is 442 g/mol. The first kappa shape index (κ1) is 25.2. The summed E-state index contributed by atoms with van der Waals surface area (Å²) in [5.74, 6) is -0.848. The SMILES string of the molecule is CC(C)(C)OC(=O)N[C@@H](Cc1ccccc1)[Si](CCC(=O)O)(c1ccccc1)c1ccccc1. The Balaban J connectivity index is 2.20. The standard InChI is InChI=1S/C28H33NO4Si/c1-28(2,3)33-27(32)29-25(21-22-13-7-4-8-14-22)34(20-19-26(30)31,23-15-9-5-10-16-23)24-17-11-6-12-18-24/h4-18,25H,19-21H2,1-3H3,(H,29,32)(H,30,31)/t25-/m1/s1. The maximum atomic E-state index is 13.1. The summed E-state index contributed by atoms with van der Waals surface area (Å²) >= 11 is 0. The van der Waals surface area contributed by atoms with Crippen LogP contribution in [-0.2, 0) is 16.0 Å². The Morgan fingerprint density at radius 1 is 0.853 bits per heavy atom. The van der Waals surface area contributed by atoms with Crippen molar-refractivity contribution in [1.29, 1.82) is 0 Å². The van der Waals surface area contributed by atoms with Gasteiger partial charge < -0.3 is 15.2 Å². The highest BCUT2D eigenvalue weighted by Gasteiger charge is 2.46. The molecule has 178 valence electrons. The molecule has 0 bridgehead atoms. The molecule has 2 N–H and O–H groups in total. The highest BCUT2D eigenvalue weighted by Crippen LogP contribution is 2.23. The monoisotopic (exact) mass is 475 g/mol. The number of rotatable bonds is 9. The van der Waals surface area contributed by atoms with Crippen molar-refractivity contribution in [2.45, 2.75) is 50.9 Å². The smallest absolute Gasteiger partial charge is 0.407 e. The van der Waals surface area contributed by atoms with Gasteiger partial charge in [0.15, 0.2) is 0 Å². The molecule has 0 saturated heterocycles. The predicted molar refractivity (Wildman–Crippen MR) is 138 cm³/mol. The predicted octanol–water partition coefficient (Wildman–Crippen LogP) is 4.40. The summed E-state index contributed by atoms with van der Waals surface area (Å²) in [6, 6.07) is 30.5. The van der Waals surface area contributed by atoms with Gasteiger partial charge in [0, 0.05) is 12.1 Å². The van der Waals surface area contributed by atoms with E-state index in [-0.39, 0.29) is 12.1 Å². The average Bonchev–Trinajstić information content (AvgIpc) is 2.80. The number of aliphatic carboxylic acids is 1. The first-order chi connectivity index (χ1) is 16.2. The number of carboxylic acid groups (broad SMARTS) is 1. The summed E-state index contributed by atoms with van der Waals surface area (Å²) in [5, 5.41) is 15.0. The van der Waals surface area contributed by atoms with Gasteiger partial charge >= 0.3 is 12.1 Å². The molecule has 0 spiro atoms. The molecule has 3 aromatic carbocycles.